The number of carbonyl (C=O) groups excluding carboxylic acids is 5. The second kappa shape index (κ2) is 25.5. The highest BCUT2D eigenvalue weighted by Crippen LogP contribution is 2.29. The largest absolute Gasteiger partial charge is 0.460 e. The monoisotopic (exact) mass is 912 g/mol. The molecule has 18 nitrogen and oxygen atoms in total. The maximum Gasteiger partial charge on any atom is 0.410 e. The number of esters is 1. The van der Waals surface area contributed by atoms with Crippen LogP contribution in [0.15, 0.2) is 24.3 Å². The van der Waals surface area contributed by atoms with Crippen molar-refractivity contribution in [2.75, 3.05) is 51.6 Å². The van der Waals surface area contributed by atoms with Gasteiger partial charge in [0.25, 0.3) is 0 Å². The number of nitrogen functional groups attached to an aromatic ring is 1. The molecule has 0 saturated carbocycles. The third kappa shape index (κ3) is 19.8. The summed E-state index contributed by atoms with van der Waals surface area (Å²) in [5.74, 6) is 0.196. The van der Waals surface area contributed by atoms with Crippen molar-refractivity contribution in [2.24, 2.45) is 5.73 Å². The van der Waals surface area contributed by atoms with Gasteiger partial charge in [-0.15, -0.1) is 0 Å². The highest BCUT2D eigenvalue weighted by atomic mass is 16.6. The van der Waals surface area contributed by atoms with Crippen LogP contribution in [-0.2, 0) is 46.5 Å². The molecule has 0 unspecified atom stereocenters. The zero-order valence-electron chi connectivity index (χ0n) is 40.7. The molecule has 3 aromatic rings. The number of carbonyl (C=O) groups is 5. The molecule has 0 aliphatic heterocycles. The number of imidazole rings is 1. The lowest BCUT2D eigenvalue weighted by Gasteiger charge is -2.29. The normalized spacial score (nSPS) is 12.5. The number of aryl methyl sites for hydroxylation is 1. The Hall–Kier alpha value is -5.23. The molecule has 18 heteroatoms. The third-order valence-corrected chi connectivity index (χ3v) is 9.82. The molecule has 0 aliphatic rings. The van der Waals surface area contributed by atoms with Crippen molar-refractivity contribution >= 4 is 57.7 Å². The number of amides is 4. The minimum atomic E-state index is -0.871. The number of pyridine rings is 1. The van der Waals surface area contributed by atoms with Crippen LogP contribution >= 0.6 is 0 Å². The molecule has 1 aromatic carbocycles. The van der Waals surface area contributed by atoms with Gasteiger partial charge in [-0.1, -0.05) is 18.2 Å². The number of ether oxygens (including phenoxy) is 4. The second-order valence-electron chi connectivity index (χ2n) is 19.2. The molecule has 0 bridgehead atoms. The van der Waals surface area contributed by atoms with Gasteiger partial charge in [0.15, 0.2) is 5.82 Å². The lowest BCUT2D eigenvalue weighted by Crippen LogP contribution is -2.42. The van der Waals surface area contributed by atoms with E-state index in [-0.39, 0.29) is 37.0 Å². The number of benzene rings is 1. The van der Waals surface area contributed by atoms with E-state index in [9.17, 15) is 24.0 Å². The van der Waals surface area contributed by atoms with Gasteiger partial charge in [-0.2, -0.15) is 0 Å². The Kier molecular flexibility index (Phi) is 21.2. The van der Waals surface area contributed by atoms with Crippen molar-refractivity contribution in [3.05, 3.63) is 30.1 Å². The van der Waals surface area contributed by atoms with Gasteiger partial charge >= 0.3 is 18.2 Å². The summed E-state index contributed by atoms with van der Waals surface area (Å²) in [5.41, 5.74) is 12.8. The highest BCUT2D eigenvalue weighted by Gasteiger charge is 2.25. The number of unbranched alkanes of at least 4 members (excludes halogenated alkanes) is 2. The lowest BCUT2D eigenvalue weighted by molar-refractivity contribution is -0.155. The van der Waals surface area contributed by atoms with Gasteiger partial charge in [0.2, 0.25) is 11.8 Å². The van der Waals surface area contributed by atoms with Crippen LogP contribution in [0.5, 0.6) is 0 Å². The van der Waals surface area contributed by atoms with Gasteiger partial charge in [0.05, 0.1) is 17.1 Å². The predicted molar refractivity (Wildman–Crippen MR) is 252 cm³/mol. The van der Waals surface area contributed by atoms with E-state index >= 15 is 0 Å². The maximum atomic E-state index is 13.2. The molecule has 0 saturated heterocycles. The first-order chi connectivity index (χ1) is 30.5. The molecule has 2 heterocycles. The first-order valence-electron chi connectivity index (χ1n) is 23.1. The summed E-state index contributed by atoms with van der Waals surface area (Å²) in [7, 11) is 0. The summed E-state index contributed by atoms with van der Waals surface area (Å²) >= 11 is 0. The number of nitrogens with zero attached hydrogens (tertiary/aromatic N) is 5. The van der Waals surface area contributed by atoms with Crippen LogP contribution in [0.4, 0.5) is 15.4 Å². The van der Waals surface area contributed by atoms with Crippen molar-refractivity contribution in [3.8, 4) is 0 Å². The fraction of sp³-hybridized carbons (Fsp3) is 0.681. The van der Waals surface area contributed by atoms with Gasteiger partial charge in [0, 0.05) is 70.6 Å². The van der Waals surface area contributed by atoms with Crippen molar-refractivity contribution in [2.45, 2.75) is 163 Å². The third-order valence-electron chi connectivity index (χ3n) is 9.82. The van der Waals surface area contributed by atoms with Gasteiger partial charge in [-0.05, 0) is 120 Å². The number of rotatable bonds is 25. The summed E-state index contributed by atoms with van der Waals surface area (Å²) in [4.78, 5) is 76.6. The Morgan fingerprint density at radius 2 is 1.28 bits per heavy atom. The van der Waals surface area contributed by atoms with E-state index in [1.54, 1.807) is 30.6 Å². The zero-order valence-corrected chi connectivity index (χ0v) is 40.7. The number of hydrogen-bond donors (Lipinski definition) is 4. The molecule has 1 atom stereocenters. The molecule has 0 aliphatic carbocycles. The van der Waals surface area contributed by atoms with Crippen molar-refractivity contribution in [1.82, 2.24) is 35.0 Å². The van der Waals surface area contributed by atoms with Crippen molar-refractivity contribution < 1.29 is 42.9 Å². The minimum Gasteiger partial charge on any atom is -0.460 e. The van der Waals surface area contributed by atoms with E-state index < -0.39 is 35.0 Å². The van der Waals surface area contributed by atoms with E-state index in [2.05, 4.69) is 20.2 Å². The smallest absolute Gasteiger partial charge is 0.410 e. The number of anilines is 1. The standard InChI is InChI=1S/C47H77N9O9/c1-11-62-32-36-53-39-40(33-20-12-13-21-35(33)52-41(39)49)56(36)31-19-26-51-42(59)34(48)23-24-37(57)50-25-18-30-55(44(61)65-47(8,9)10)29-17-16-28-54(43(60)64-46(5,6)7)27-15-14-22-38(58)63-45(2,3)4/h12-13,20-21,34H,11,14-19,22-32,48H2,1-10H3,(H2,49,52)(H,50,57)(H,51,59)/t34-/m0/s1. The van der Waals surface area contributed by atoms with E-state index in [1.165, 1.54) is 0 Å². The topological polar surface area (TPSA) is 236 Å². The Labute approximate surface area is 385 Å². The minimum absolute atomic E-state index is 0.0594. The van der Waals surface area contributed by atoms with Crippen LogP contribution in [0.2, 0.25) is 0 Å². The van der Waals surface area contributed by atoms with Crippen LogP contribution in [0.25, 0.3) is 21.9 Å². The molecule has 65 heavy (non-hydrogen) atoms. The Balaban J connectivity index is 1.44. The number of para-hydroxylation sites is 1. The molecule has 0 spiro atoms. The molecule has 364 valence electrons. The Morgan fingerprint density at radius 1 is 0.723 bits per heavy atom. The van der Waals surface area contributed by atoms with E-state index in [4.69, 9.17) is 35.4 Å². The summed E-state index contributed by atoms with van der Waals surface area (Å²) in [6.07, 6.45) is 2.98. The summed E-state index contributed by atoms with van der Waals surface area (Å²) < 4.78 is 24.5. The number of nitrogens with one attached hydrogen (secondary N) is 2. The fourth-order valence-corrected chi connectivity index (χ4v) is 6.84. The van der Waals surface area contributed by atoms with Crippen LogP contribution in [0.3, 0.4) is 0 Å². The quantitative estimate of drug-likeness (QED) is 0.0400. The van der Waals surface area contributed by atoms with Crippen LogP contribution < -0.4 is 22.1 Å². The summed E-state index contributed by atoms with van der Waals surface area (Å²) in [6.45, 7) is 21.8. The first kappa shape index (κ1) is 54.1. The summed E-state index contributed by atoms with van der Waals surface area (Å²) in [6, 6.07) is 6.87. The average Bonchev–Trinajstić information content (AvgIpc) is 3.57. The van der Waals surface area contributed by atoms with E-state index in [0.717, 1.165) is 22.2 Å². The zero-order chi connectivity index (χ0) is 48.4. The molecular formula is C47H77N9O9. The van der Waals surface area contributed by atoms with E-state index in [1.807, 2.05) is 72.7 Å². The number of fused-ring (bicyclic) bond motifs is 3. The molecule has 0 fully saturated rings. The van der Waals surface area contributed by atoms with Crippen LogP contribution in [0.1, 0.15) is 133 Å². The second-order valence-corrected chi connectivity index (χ2v) is 19.2. The van der Waals surface area contributed by atoms with Gasteiger partial charge in [0.1, 0.15) is 34.8 Å². The fourth-order valence-electron chi connectivity index (χ4n) is 6.84. The predicted octanol–water partition coefficient (Wildman–Crippen LogP) is 6.59. The first-order valence-corrected chi connectivity index (χ1v) is 23.1. The molecule has 0 radical (unpaired) electrons. The average molecular weight is 912 g/mol. The number of hydrogen-bond acceptors (Lipinski definition) is 13. The molecular weight excluding hydrogens is 835 g/mol. The SMILES string of the molecule is CCOCc1nc2c(N)nc3ccccc3c2n1CCCNC(=O)[C@@H](N)CCC(=O)NCCCN(CCCCN(CCCCC(=O)OC(C)(C)C)C(=O)OC(C)(C)C)C(=O)OC(C)(C)C. The molecule has 2 aromatic heterocycles. The van der Waals surface area contributed by atoms with Crippen molar-refractivity contribution in [3.63, 3.8) is 0 Å². The molecule has 4 amide bonds. The number of aromatic nitrogens is 3. The van der Waals surface area contributed by atoms with Gasteiger partial charge in [-0.3, -0.25) is 14.4 Å². The van der Waals surface area contributed by atoms with Gasteiger partial charge in [-0.25, -0.2) is 19.6 Å². The summed E-state index contributed by atoms with van der Waals surface area (Å²) in [5, 5.41) is 6.69. The van der Waals surface area contributed by atoms with E-state index in [0.29, 0.717) is 109 Å². The molecule has 6 N–H and O–H groups in total. The lowest BCUT2D eigenvalue weighted by atomic mass is 10.1. The van der Waals surface area contributed by atoms with Crippen LogP contribution in [-0.4, -0.2) is 123 Å². The Morgan fingerprint density at radius 3 is 1.86 bits per heavy atom. The van der Waals surface area contributed by atoms with Crippen LogP contribution in [0, 0.1) is 0 Å². The highest BCUT2D eigenvalue weighted by molar-refractivity contribution is 6.06. The number of nitrogens with two attached hydrogens (primary N) is 2. The van der Waals surface area contributed by atoms with Gasteiger partial charge < -0.3 is 55.4 Å². The Bertz CT molecular complexity index is 2020. The molecule has 3 rings (SSSR count). The maximum absolute atomic E-state index is 13.2. The van der Waals surface area contributed by atoms with Crippen molar-refractivity contribution in [1.29, 1.82) is 0 Å².